The average molecular weight is 1040 g/mol. The van der Waals surface area contributed by atoms with Gasteiger partial charge in [0.2, 0.25) is 10.0 Å². The summed E-state index contributed by atoms with van der Waals surface area (Å²) < 4.78 is 110. The number of ether oxygens (including phenoxy) is 2. The molecule has 0 aliphatic carbocycles. The lowest BCUT2D eigenvalue weighted by Crippen LogP contribution is -2.49. The van der Waals surface area contributed by atoms with E-state index in [2.05, 4.69) is 50.6 Å². The van der Waals surface area contributed by atoms with E-state index in [-0.39, 0.29) is 34.3 Å². The first-order chi connectivity index (χ1) is 35.8. The monoisotopic (exact) mass is 1040 g/mol. The van der Waals surface area contributed by atoms with Crippen molar-refractivity contribution in [2.45, 2.75) is 18.7 Å². The zero-order valence-electron chi connectivity index (χ0n) is 40.9. The predicted molar refractivity (Wildman–Crippen MR) is 276 cm³/mol. The minimum absolute atomic E-state index is 0.0164. The number of hydrogen-bond acceptors (Lipinski definition) is 15. The molecule has 4 aliphatic rings. The first kappa shape index (κ1) is 50.5. The van der Waals surface area contributed by atoms with Crippen LogP contribution in [0, 0.1) is 42.9 Å². The van der Waals surface area contributed by atoms with Crippen LogP contribution in [0.15, 0.2) is 90.3 Å². The Balaban J connectivity index is 0.000000175. The molecular weight excluding hydrogens is 984 g/mol. The largest absolute Gasteiger partial charge is 0.378 e. The van der Waals surface area contributed by atoms with Crippen LogP contribution in [0.25, 0.3) is 21.8 Å². The van der Waals surface area contributed by atoms with Crippen molar-refractivity contribution in [3.8, 4) is 0 Å². The van der Waals surface area contributed by atoms with E-state index in [1.54, 1.807) is 25.5 Å². The van der Waals surface area contributed by atoms with Crippen molar-refractivity contribution in [2.75, 3.05) is 135 Å². The van der Waals surface area contributed by atoms with Crippen molar-refractivity contribution >= 4 is 77.6 Å². The summed E-state index contributed by atoms with van der Waals surface area (Å²) in [6.45, 7) is 13.5. The summed E-state index contributed by atoms with van der Waals surface area (Å²) in [7, 11) is -3.81. The number of morpholine rings is 2. The Morgan fingerprint density at radius 1 is 0.527 bits per heavy atom. The second-order valence-corrected chi connectivity index (χ2v) is 20.3. The number of hydrogen-bond donors (Lipinski definition) is 3. The standard InChI is InChI=1S/C29H29F3N6O3S.C23H26F2N6O/c1-19-28(34-22-16-23(18-33-17-22)36-10-12-41-13-11-36)27-25(32)14-21(31)15-26(27)35-29(19)37-6-8-38(9-7-37)42(39,40)24-4-2-20(30)3-5-24;1-15-22(28-17-12-18(14-27-13-17)30-6-8-32-9-7-30)21-19(25)10-16(24)11-20(21)29-23(15)31-4-2-26-3-5-31/h2-5,14-18H,6-13H2,1H3,(H,34,35);10-14,26H,2-9H2,1H3,(H,28,29). The van der Waals surface area contributed by atoms with Gasteiger partial charge in [0, 0.05) is 114 Å². The quantitative estimate of drug-likeness (QED) is 0.115. The molecule has 3 aromatic carbocycles. The number of sulfonamides is 1. The summed E-state index contributed by atoms with van der Waals surface area (Å²) in [6, 6.07) is 12.8. The number of piperazine rings is 2. The number of benzene rings is 3. The maximum Gasteiger partial charge on any atom is 0.243 e. The Bertz CT molecular complexity index is 3280. The SMILES string of the molecule is Cc1c(N2CCN(S(=O)(=O)c3ccc(F)cc3)CC2)nc2cc(F)cc(F)c2c1Nc1cncc(N2CCOCC2)c1.Cc1c(N2CCNCC2)nc2cc(F)cc(F)c2c1Nc1cncc(N2CCOCC2)c1. The minimum Gasteiger partial charge on any atom is -0.378 e. The van der Waals surface area contributed by atoms with Crippen LogP contribution in [0.2, 0.25) is 0 Å². The first-order valence-corrected chi connectivity index (χ1v) is 25.9. The lowest BCUT2D eigenvalue weighted by molar-refractivity contribution is 0.122. The molecular formula is C52H55F5N12O4S. The molecule has 0 radical (unpaired) electrons. The Morgan fingerprint density at radius 2 is 0.973 bits per heavy atom. The molecule has 0 amide bonds. The van der Waals surface area contributed by atoms with Crippen molar-refractivity contribution in [2.24, 2.45) is 0 Å². The van der Waals surface area contributed by atoms with Crippen molar-refractivity contribution in [3.63, 3.8) is 0 Å². The molecule has 0 atom stereocenters. The van der Waals surface area contributed by atoms with Gasteiger partial charge in [-0.2, -0.15) is 4.31 Å². The fraction of sp³-hybridized carbons (Fsp3) is 0.346. The highest BCUT2D eigenvalue weighted by Crippen LogP contribution is 2.39. The normalized spacial score (nSPS) is 16.9. The molecule has 3 N–H and O–H groups in total. The van der Waals surface area contributed by atoms with Crippen LogP contribution in [0.3, 0.4) is 0 Å². The number of rotatable bonds is 10. The molecule has 0 saturated carbocycles. The summed E-state index contributed by atoms with van der Waals surface area (Å²) in [5.74, 6) is -2.06. The Labute approximate surface area is 425 Å². The lowest BCUT2D eigenvalue weighted by atomic mass is 10.1. The summed E-state index contributed by atoms with van der Waals surface area (Å²) in [4.78, 5) is 26.5. The van der Waals surface area contributed by atoms with Gasteiger partial charge in [-0.3, -0.25) is 9.97 Å². The molecule has 0 bridgehead atoms. The molecule has 4 saturated heterocycles. The molecule has 0 spiro atoms. The zero-order chi connectivity index (χ0) is 51.5. The molecule has 22 heteroatoms. The number of nitrogens with one attached hydrogen (secondary N) is 3. The van der Waals surface area contributed by atoms with Crippen LogP contribution >= 0.6 is 0 Å². The van der Waals surface area contributed by atoms with Gasteiger partial charge in [0.05, 0.1) is 112 Å². The lowest BCUT2D eigenvalue weighted by Gasteiger charge is -2.36. The number of fused-ring (bicyclic) bond motifs is 2. The van der Waals surface area contributed by atoms with Gasteiger partial charge >= 0.3 is 0 Å². The van der Waals surface area contributed by atoms with Crippen LogP contribution in [-0.2, 0) is 19.5 Å². The van der Waals surface area contributed by atoms with Gasteiger partial charge < -0.3 is 45.0 Å². The molecule has 4 fully saturated rings. The van der Waals surface area contributed by atoms with Crippen LogP contribution in [0.5, 0.6) is 0 Å². The Hall–Kier alpha value is -6.98. The summed E-state index contributed by atoms with van der Waals surface area (Å²) >= 11 is 0. The van der Waals surface area contributed by atoms with E-state index in [0.29, 0.717) is 73.5 Å². The van der Waals surface area contributed by atoms with Crippen molar-refractivity contribution in [1.29, 1.82) is 0 Å². The van der Waals surface area contributed by atoms with E-state index < -0.39 is 39.1 Å². The van der Waals surface area contributed by atoms with Crippen molar-refractivity contribution in [3.05, 3.63) is 126 Å². The average Bonchev–Trinajstić information content (AvgIpc) is 3.41. The third-order valence-corrected chi connectivity index (χ3v) is 15.5. The third-order valence-electron chi connectivity index (χ3n) is 13.6. The maximum atomic E-state index is 15.2. The maximum absolute atomic E-state index is 15.2. The van der Waals surface area contributed by atoms with Gasteiger partial charge in [-0.15, -0.1) is 0 Å². The highest BCUT2D eigenvalue weighted by atomic mass is 32.2. The Kier molecular flexibility index (Phi) is 14.9. The summed E-state index contributed by atoms with van der Waals surface area (Å²) in [6.07, 6.45) is 6.92. The fourth-order valence-corrected chi connectivity index (χ4v) is 11.2. The summed E-state index contributed by atoms with van der Waals surface area (Å²) in [5.41, 5.74) is 6.11. The van der Waals surface area contributed by atoms with Crippen LogP contribution in [0.1, 0.15) is 11.1 Å². The minimum atomic E-state index is -3.81. The third kappa shape index (κ3) is 10.8. The van der Waals surface area contributed by atoms with E-state index in [0.717, 1.165) is 105 Å². The van der Waals surface area contributed by atoms with Gasteiger partial charge in [0.25, 0.3) is 0 Å². The van der Waals surface area contributed by atoms with Gasteiger partial charge in [-0.05, 0) is 50.2 Å². The van der Waals surface area contributed by atoms with E-state index in [4.69, 9.17) is 9.47 Å². The topological polar surface area (TPSA) is 156 Å². The zero-order valence-corrected chi connectivity index (χ0v) is 41.7. The van der Waals surface area contributed by atoms with Gasteiger partial charge in [0.15, 0.2) is 0 Å². The molecule has 388 valence electrons. The molecule has 4 aliphatic heterocycles. The van der Waals surface area contributed by atoms with E-state index >= 15 is 4.39 Å². The molecule has 8 heterocycles. The number of nitrogens with zero attached hydrogens (tertiary/aromatic N) is 9. The fourth-order valence-electron chi connectivity index (χ4n) is 9.76. The van der Waals surface area contributed by atoms with E-state index in [1.807, 2.05) is 30.2 Å². The van der Waals surface area contributed by atoms with Crippen LogP contribution in [0.4, 0.5) is 67.7 Å². The highest BCUT2D eigenvalue weighted by Gasteiger charge is 2.31. The Morgan fingerprint density at radius 3 is 1.43 bits per heavy atom. The number of aromatic nitrogens is 4. The van der Waals surface area contributed by atoms with Crippen LogP contribution < -0.4 is 35.6 Å². The second-order valence-electron chi connectivity index (χ2n) is 18.3. The molecule has 7 aromatic rings. The van der Waals surface area contributed by atoms with Crippen molar-refractivity contribution in [1.82, 2.24) is 29.6 Å². The van der Waals surface area contributed by atoms with Gasteiger partial charge in [0.1, 0.15) is 40.7 Å². The van der Waals surface area contributed by atoms with Crippen molar-refractivity contribution < 1.29 is 39.8 Å². The van der Waals surface area contributed by atoms with E-state index in [9.17, 15) is 26.0 Å². The molecule has 0 unspecified atom stereocenters. The first-order valence-electron chi connectivity index (χ1n) is 24.5. The smallest absolute Gasteiger partial charge is 0.243 e. The number of halogens is 5. The van der Waals surface area contributed by atoms with Gasteiger partial charge in [-0.25, -0.2) is 40.3 Å². The second kappa shape index (κ2) is 21.9. The molecule has 11 rings (SSSR count). The van der Waals surface area contributed by atoms with E-state index in [1.165, 1.54) is 28.6 Å². The van der Waals surface area contributed by atoms with Crippen LogP contribution in [-0.4, -0.2) is 138 Å². The number of pyridine rings is 4. The predicted octanol–water partition coefficient (Wildman–Crippen LogP) is 7.65. The highest BCUT2D eigenvalue weighted by molar-refractivity contribution is 7.89. The van der Waals surface area contributed by atoms with Gasteiger partial charge in [-0.1, -0.05) is 0 Å². The molecule has 16 nitrogen and oxygen atoms in total. The number of anilines is 8. The summed E-state index contributed by atoms with van der Waals surface area (Å²) in [5, 5.41) is 10.4. The molecule has 4 aromatic heterocycles. The molecule has 74 heavy (non-hydrogen) atoms.